The van der Waals surface area contributed by atoms with E-state index in [9.17, 15) is 4.79 Å². The molecule has 2 aromatic heterocycles. The third-order valence-electron chi connectivity index (χ3n) is 6.66. The summed E-state index contributed by atoms with van der Waals surface area (Å²) in [7, 11) is 0. The van der Waals surface area contributed by atoms with Crippen molar-refractivity contribution in [3.8, 4) is 11.3 Å². The maximum absolute atomic E-state index is 13.4. The third kappa shape index (κ3) is 4.59. The molecule has 34 heavy (non-hydrogen) atoms. The van der Waals surface area contributed by atoms with Crippen LogP contribution in [0.2, 0.25) is 5.02 Å². The maximum atomic E-state index is 13.4. The van der Waals surface area contributed by atoms with Crippen molar-refractivity contribution >= 4 is 29.1 Å². The van der Waals surface area contributed by atoms with Crippen molar-refractivity contribution < 1.29 is 9.32 Å². The van der Waals surface area contributed by atoms with Crippen LogP contribution in [-0.2, 0) is 0 Å². The number of nitrogens with zero attached hydrogens (tertiary/aromatic N) is 6. The Morgan fingerprint density at radius 2 is 1.47 bits per heavy atom. The second-order valence-electron chi connectivity index (χ2n) is 8.87. The molecular formula is C25H29ClN6O2. The lowest BCUT2D eigenvalue weighted by Gasteiger charge is -2.35. The third-order valence-corrected chi connectivity index (χ3v) is 6.99. The van der Waals surface area contributed by atoms with Gasteiger partial charge < -0.3 is 19.2 Å². The summed E-state index contributed by atoms with van der Waals surface area (Å²) in [5, 5.41) is 13.7. The Hall–Kier alpha value is -3.13. The van der Waals surface area contributed by atoms with Gasteiger partial charge in [-0.05, 0) is 38.0 Å². The molecule has 5 rings (SSSR count). The van der Waals surface area contributed by atoms with Crippen LogP contribution in [-0.4, -0.2) is 65.4 Å². The Bertz CT molecular complexity index is 1130. The molecule has 9 heteroatoms. The van der Waals surface area contributed by atoms with Gasteiger partial charge in [0.15, 0.2) is 11.6 Å². The van der Waals surface area contributed by atoms with Crippen LogP contribution in [0.5, 0.6) is 0 Å². The quantitative estimate of drug-likeness (QED) is 0.546. The highest BCUT2D eigenvalue weighted by Gasteiger charge is 2.29. The Morgan fingerprint density at radius 3 is 2.09 bits per heavy atom. The van der Waals surface area contributed by atoms with Gasteiger partial charge in [-0.3, -0.25) is 4.79 Å². The highest BCUT2D eigenvalue weighted by molar-refractivity contribution is 6.33. The lowest BCUT2D eigenvalue weighted by molar-refractivity contribution is 0.0745. The van der Waals surface area contributed by atoms with E-state index in [1.54, 1.807) is 13.0 Å². The molecule has 2 aliphatic heterocycles. The molecule has 2 saturated heterocycles. The van der Waals surface area contributed by atoms with E-state index in [1.165, 1.54) is 25.7 Å². The lowest BCUT2D eigenvalue weighted by atomic mass is 10.0. The van der Waals surface area contributed by atoms with E-state index >= 15 is 0 Å². The number of aromatic nitrogens is 3. The Kier molecular flexibility index (Phi) is 6.67. The van der Waals surface area contributed by atoms with E-state index in [1.807, 2.05) is 29.2 Å². The summed E-state index contributed by atoms with van der Waals surface area (Å²) in [5.74, 6) is 2.21. The Labute approximate surface area is 204 Å². The first kappa shape index (κ1) is 22.7. The number of benzene rings is 1. The minimum absolute atomic E-state index is 0.0871. The highest BCUT2D eigenvalue weighted by atomic mass is 35.5. The van der Waals surface area contributed by atoms with Crippen molar-refractivity contribution in [2.45, 2.75) is 32.6 Å². The fourth-order valence-electron chi connectivity index (χ4n) is 4.71. The molecule has 4 heterocycles. The van der Waals surface area contributed by atoms with Gasteiger partial charge in [0.05, 0.1) is 5.02 Å². The van der Waals surface area contributed by atoms with Crippen LogP contribution in [0.1, 0.15) is 41.8 Å². The van der Waals surface area contributed by atoms with Crippen LogP contribution in [0.25, 0.3) is 11.3 Å². The van der Waals surface area contributed by atoms with Gasteiger partial charge in [-0.2, -0.15) is 0 Å². The fourth-order valence-corrected chi connectivity index (χ4v) is 4.94. The molecule has 178 valence electrons. The van der Waals surface area contributed by atoms with Crippen LogP contribution in [0.15, 0.2) is 40.9 Å². The summed E-state index contributed by atoms with van der Waals surface area (Å²) in [6.07, 6.45) is 5.01. The molecule has 0 spiro atoms. The monoisotopic (exact) mass is 480 g/mol. The average Bonchev–Trinajstić information content (AvgIpc) is 3.06. The Morgan fingerprint density at radius 1 is 0.853 bits per heavy atom. The molecule has 1 amide bonds. The van der Waals surface area contributed by atoms with Gasteiger partial charge in [0, 0.05) is 44.8 Å². The molecule has 2 fully saturated rings. The summed E-state index contributed by atoms with van der Waals surface area (Å²) >= 11 is 6.36. The van der Waals surface area contributed by atoms with Crippen molar-refractivity contribution in [2.75, 3.05) is 49.1 Å². The zero-order chi connectivity index (χ0) is 23.5. The van der Waals surface area contributed by atoms with E-state index < -0.39 is 0 Å². The molecule has 0 bridgehead atoms. The zero-order valence-electron chi connectivity index (χ0n) is 19.4. The molecule has 2 aliphatic rings. The van der Waals surface area contributed by atoms with E-state index in [-0.39, 0.29) is 5.91 Å². The van der Waals surface area contributed by atoms with Crippen molar-refractivity contribution in [3.05, 3.63) is 52.7 Å². The number of rotatable bonds is 4. The number of hydrogen-bond donors (Lipinski definition) is 0. The number of halogens is 1. The number of carbonyl (C=O) groups is 1. The van der Waals surface area contributed by atoms with E-state index in [0.717, 1.165) is 24.7 Å². The standard InChI is InChI=1S/C25H29ClN6O2/c1-18-23(24(29-34-18)19-8-4-5-9-20(19)26)25(33)32-16-14-31(15-17-32)22-11-10-21(27-28-22)30-12-6-2-3-7-13-30/h4-5,8-11H,2-3,6-7,12-17H2,1H3. The predicted octanol–water partition coefficient (Wildman–Crippen LogP) is 4.44. The maximum Gasteiger partial charge on any atom is 0.259 e. The van der Waals surface area contributed by atoms with Crippen LogP contribution >= 0.6 is 11.6 Å². The number of piperazine rings is 1. The van der Waals surface area contributed by atoms with Crippen molar-refractivity contribution in [1.82, 2.24) is 20.3 Å². The first-order valence-electron chi connectivity index (χ1n) is 12.0. The van der Waals surface area contributed by atoms with Gasteiger partial charge in [-0.15, -0.1) is 10.2 Å². The summed E-state index contributed by atoms with van der Waals surface area (Å²) in [6.45, 7) is 6.41. The minimum Gasteiger partial charge on any atom is -0.360 e. The van der Waals surface area contributed by atoms with Gasteiger partial charge in [0.1, 0.15) is 17.0 Å². The number of aryl methyl sites for hydroxylation is 1. The molecule has 3 aromatic rings. The normalized spacial score (nSPS) is 17.1. The molecule has 0 unspecified atom stereocenters. The van der Waals surface area contributed by atoms with Crippen molar-refractivity contribution in [3.63, 3.8) is 0 Å². The molecule has 0 N–H and O–H groups in total. The molecular weight excluding hydrogens is 452 g/mol. The summed E-state index contributed by atoms with van der Waals surface area (Å²) in [6, 6.07) is 11.5. The van der Waals surface area contributed by atoms with E-state index in [0.29, 0.717) is 53.8 Å². The Balaban J connectivity index is 1.25. The molecule has 0 aliphatic carbocycles. The largest absolute Gasteiger partial charge is 0.360 e. The fraction of sp³-hybridized carbons (Fsp3) is 0.440. The molecule has 8 nitrogen and oxygen atoms in total. The summed E-state index contributed by atoms with van der Waals surface area (Å²) in [5.41, 5.74) is 1.66. The lowest BCUT2D eigenvalue weighted by Crippen LogP contribution is -2.49. The minimum atomic E-state index is -0.0871. The van der Waals surface area contributed by atoms with Gasteiger partial charge in [0.2, 0.25) is 0 Å². The molecule has 0 atom stereocenters. The van der Waals surface area contributed by atoms with Gasteiger partial charge in [-0.1, -0.05) is 47.8 Å². The van der Waals surface area contributed by atoms with Crippen LogP contribution < -0.4 is 9.80 Å². The second-order valence-corrected chi connectivity index (χ2v) is 9.28. The van der Waals surface area contributed by atoms with Crippen LogP contribution in [0.3, 0.4) is 0 Å². The van der Waals surface area contributed by atoms with Crippen LogP contribution in [0, 0.1) is 6.92 Å². The smallest absolute Gasteiger partial charge is 0.259 e. The highest BCUT2D eigenvalue weighted by Crippen LogP contribution is 2.32. The summed E-state index contributed by atoms with van der Waals surface area (Å²) < 4.78 is 5.39. The predicted molar refractivity (Wildman–Crippen MR) is 133 cm³/mol. The van der Waals surface area contributed by atoms with Crippen LogP contribution in [0.4, 0.5) is 11.6 Å². The van der Waals surface area contributed by atoms with Gasteiger partial charge in [0.25, 0.3) is 5.91 Å². The van der Waals surface area contributed by atoms with Gasteiger partial charge >= 0.3 is 0 Å². The number of anilines is 2. The molecule has 1 aromatic carbocycles. The number of amides is 1. The SMILES string of the molecule is Cc1onc(-c2ccccc2Cl)c1C(=O)N1CCN(c2ccc(N3CCCCCC3)nn2)CC1. The van der Waals surface area contributed by atoms with Crippen molar-refractivity contribution in [2.24, 2.45) is 0 Å². The first-order valence-corrected chi connectivity index (χ1v) is 12.3. The second kappa shape index (κ2) is 10.0. The van der Waals surface area contributed by atoms with Crippen molar-refractivity contribution in [1.29, 1.82) is 0 Å². The number of hydrogen-bond acceptors (Lipinski definition) is 7. The molecule has 0 saturated carbocycles. The van der Waals surface area contributed by atoms with E-state index in [4.69, 9.17) is 16.1 Å². The summed E-state index contributed by atoms with van der Waals surface area (Å²) in [4.78, 5) is 19.8. The first-order chi connectivity index (χ1) is 16.6. The number of carbonyl (C=O) groups excluding carboxylic acids is 1. The van der Waals surface area contributed by atoms with Gasteiger partial charge in [-0.25, -0.2) is 0 Å². The molecule has 0 radical (unpaired) electrons. The average molecular weight is 481 g/mol. The zero-order valence-corrected chi connectivity index (χ0v) is 20.2. The topological polar surface area (TPSA) is 78.6 Å². The van der Waals surface area contributed by atoms with E-state index in [2.05, 4.69) is 31.2 Å².